The quantitative estimate of drug-likeness (QED) is 0.753. The Morgan fingerprint density at radius 1 is 1.25 bits per heavy atom. The molecule has 4 nitrogen and oxygen atoms in total. The molecule has 0 aliphatic carbocycles. The number of rotatable bonds is 3. The number of hydrogen-bond acceptors (Lipinski definition) is 5. The third kappa shape index (κ3) is 2.13. The molecule has 6 heteroatoms. The van der Waals surface area contributed by atoms with Crippen molar-refractivity contribution in [2.75, 3.05) is 11.9 Å². The molecule has 0 aliphatic rings. The van der Waals surface area contributed by atoms with Crippen LogP contribution in [0.25, 0.3) is 10.2 Å². The van der Waals surface area contributed by atoms with Crippen LogP contribution in [0.1, 0.15) is 5.56 Å². The van der Waals surface area contributed by atoms with E-state index in [9.17, 15) is 0 Å². The lowest BCUT2D eigenvalue weighted by molar-refractivity contribution is 1.11. The maximum Gasteiger partial charge on any atom is 0.144 e. The Morgan fingerprint density at radius 2 is 2.05 bits per heavy atom. The average Bonchev–Trinajstić information content (AvgIpc) is 2.94. The molecule has 0 radical (unpaired) electrons. The lowest BCUT2D eigenvalue weighted by Crippen LogP contribution is -2.18. The van der Waals surface area contributed by atoms with Gasteiger partial charge in [-0.3, -0.25) is 0 Å². The lowest BCUT2D eigenvalue weighted by Gasteiger charge is -2.21. The summed E-state index contributed by atoms with van der Waals surface area (Å²) < 4.78 is 0. The highest BCUT2D eigenvalue weighted by Crippen LogP contribution is 2.32. The lowest BCUT2D eigenvalue weighted by atomic mass is 10.1. The van der Waals surface area contributed by atoms with E-state index in [1.807, 2.05) is 47.7 Å². The third-order valence-electron chi connectivity index (χ3n) is 3.09. The van der Waals surface area contributed by atoms with Gasteiger partial charge in [-0.15, -0.1) is 11.3 Å². The number of anilines is 2. The van der Waals surface area contributed by atoms with Crippen LogP contribution in [0.2, 0.25) is 0 Å². The first-order chi connectivity index (χ1) is 9.68. The van der Waals surface area contributed by atoms with Crippen LogP contribution in [-0.2, 0) is 0 Å². The van der Waals surface area contributed by atoms with Gasteiger partial charge in [-0.05, 0) is 23.6 Å². The van der Waals surface area contributed by atoms with Gasteiger partial charge in [0, 0.05) is 12.6 Å². The standard InChI is InChI=1S/C14H12N4S2/c1-18(11-5-3-2-4-9(11)12(15)19)13-10-6-7-20-14(10)17-8-16-13/h2-8H,1H3,(H2,15,19). The minimum absolute atomic E-state index is 0.378. The smallest absolute Gasteiger partial charge is 0.144 e. The molecule has 0 amide bonds. The number of thiophene rings is 1. The van der Waals surface area contributed by atoms with Gasteiger partial charge < -0.3 is 10.6 Å². The van der Waals surface area contributed by atoms with E-state index in [2.05, 4.69) is 9.97 Å². The fourth-order valence-corrected chi connectivity index (χ4v) is 3.03. The van der Waals surface area contributed by atoms with Gasteiger partial charge in [0.25, 0.3) is 0 Å². The maximum atomic E-state index is 5.80. The number of aromatic nitrogens is 2. The second kappa shape index (κ2) is 5.15. The summed E-state index contributed by atoms with van der Waals surface area (Å²) in [5.74, 6) is 0.847. The number of thiocarbonyl (C=S) groups is 1. The summed E-state index contributed by atoms with van der Waals surface area (Å²) in [6.45, 7) is 0. The van der Waals surface area contributed by atoms with E-state index < -0.39 is 0 Å². The molecule has 0 aliphatic heterocycles. The second-order valence-corrected chi connectivity index (χ2v) is 5.61. The van der Waals surface area contributed by atoms with E-state index in [4.69, 9.17) is 18.0 Å². The van der Waals surface area contributed by atoms with Gasteiger partial charge in [0.1, 0.15) is 22.0 Å². The summed E-state index contributed by atoms with van der Waals surface area (Å²) in [6, 6.07) is 9.80. The Labute approximate surface area is 125 Å². The highest BCUT2D eigenvalue weighted by molar-refractivity contribution is 7.80. The molecule has 0 atom stereocenters. The van der Waals surface area contributed by atoms with Gasteiger partial charge >= 0.3 is 0 Å². The number of fused-ring (bicyclic) bond motifs is 1. The number of benzene rings is 1. The molecule has 2 aromatic heterocycles. The molecule has 3 rings (SSSR count). The number of hydrogen-bond donors (Lipinski definition) is 1. The van der Waals surface area contributed by atoms with Crippen LogP contribution < -0.4 is 10.6 Å². The van der Waals surface area contributed by atoms with Crippen LogP contribution in [-0.4, -0.2) is 22.0 Å². The topological polar surface area (TPSA) is 55.0 Å². The summed E-state index contributed by atoms with van der Waals surface area (Å²) in [5, 5.41) is 3.04. The fraction of sp³-hybridized carbons (Fsp3) is 0.0714. The number of nitrogens with zero attached hydrogens (tertiary/aromatic N) is 3. The average molecular weight is 300 g/mol. The zero-order valence-corrected chi connectivity index (χ0v) is 12.4. The summed E-state index contributed by atoms with van der Waals surface area (Å²) >= 11 is 6.71. The fourth-order valence-electron chi connectivity index (χ4n) is 2.13. The van der Waals surface area contributed by atoms with Crippen molar-refractivity contribution in [1.29, 1.82) is 0 Å². The van der Waals surface area contributed by atoms with E-state index in [1.54, 1.807) is 17.7 Å². The van der Waals surface area contributed by atoms with E-state index in [0.717, 1.165) is 27.3 Å². The van der Waals surface area contributed by atoms with E-state index in [0.29, 0.717) is 4.99 Å². The SMILES string of the molecule is CN(c1ccccc1C(N)=S)c1ncnc2sccc12. The van der Waals surface area contributed by atoms with Crippen molar-refractivity contribution in [2.24, 2.45) is 5.73 Å². The van der Waals surface area contributed by atoms with Crippen molar-refractivity contribution in [2.45, 2.75) is 0 Å². The van der Waals surface area contributed by atoms with Crippen LogP contribution in [0.15, 0.2) is 42.0 Å². The zero-order chi connectivity index (χ0) is 14.1. The molecule has 2 N–H and O–H groups in total. The number of nitrogens with two attached hydrogens (primary N) is 1. The summed E-state index contributed by atoms with van der Waals surface area (Å²) in [6.07, 6.45) is 1.58. The molecule has 2 heterocycles. The van der Waals surface area contributed by atoms with Gasteiger partial charge in [0.05, 0.1) is 11.1 Å². The van der Waals surface area contributed by atoms with Crippen LogP contribution in [0.3, 0.4) is 0 Å². The molecule has 1 aromatic carbocycles. The van der Waals surface area contributed by atoms with Crippen molar-refractivity contribution < 1.29 is 0 Å². The van der Waals surface area contributed by atoms with E-state index in [1.165, 1.54) is 0 Å². The predicted octanol–water partition coefficient (Wildman–Crippen LogP) is 3.09. The van der Waals surface area contributed by atoms with E-state index in [-0.39, 0.29) is 0 Å². The molecule has 0 fully saturated rings. The molecule has 0 spiro atoms. The molecular formula is C14H12N4S2. The monoisotopic (exact) mass is 300 g/mol. The van der Waals surface area contributed by atoms with Gasteiger partial charge in [-0.2, -0.15) is 0 Å². The minimum atomic E-state index is 0.378. The highest BCUT2D eigenvalue weighted by Gasteiger charge is 2.14. The Hall–Kier alpha value is -2.05. The molecule has 0 saturated heterocycles. The van der Waals surface area contributed by atoms with Crippen molar-refractivity contribution in [3.8, 4) is 0 Å². The van der Waals surface area contributed by atoms with Crippen molar-refractivity contribution in [3.05, 3.63) is 47.6 Å². The van der Waals surface area contributed by atoms with Crippen molar-refractivity contribution in [1.82, 2.24) is 9.97 Å². The summed E-state index contributed by atoms with van der Waals surface area (Å²) in [7, 11) is 1.95. The first-order valence-electron chi connectivity index (χ1n) is 5.99. The molecular weight excluding hydrogens is 288 g/mol. The first-order valence-corrected chi connectivity index (χ1v) is 7.28. The van der Waals surface area contributed by atoms with E-state index >= 15 is 0 Å². The summed E-state index contributed by atoms with van der Waals surface area (Å²) in [4.78, 5) is 12.0. The highest BCUT2D eigenvalue weighted by atomic mass is 32.1. The Bertz CT molecular complexity index is 781. The minimum Gasteiger partial charge on any atom is -0.389 e. The molecule has 0 saturated carbocycles. The van der Waals surface area contributed by atoms with Gasteiger partial charge in [0.2, 0.25) is 0 Å². The Kier molecular flexibility index (Phi) is 3.33. The molecule has 0 unspecified atom stereocenters. The predicted molar refractivity (Wildman–Crippen MR) is 87.8 cm³/mol. The molecule has 0 bridgehead atoms. The van der Waals surface area contributed by atoms with Crippen LogP contribution in [0, 0.1) is 0 Å². The maximum absolute atomic E-state index is 5.80. The normalized spacial score (nSPS) is 10.7. The Morgan fingerprint density at radius 3 is 2.85 bits per heavy atom. The van der Waals surface area contributed by atoms with Crippen molar-refractivity contribution >= 4 is 50.3 Å². The van der Waals surface area contributed by atoms with Crippen LogP contribution in [0.4, 0.5) is 11.5 Å². The zero-order valence-electron chi connectivity index (χ0n) is 10.8. The third-order valence-corrected chi connectivity index (χ3v) is 4.13. The second-order valence-electron chi connectivity index (χ2n) is 4.28. The van der Waals surface area contributed by atoms with Gasteiger partial charge in [0.15, 0.2) is 0 Å². The van der Waals surface area contributed by atoms with Crippen LogP contribution in [0.5, 0.6) is 0 Å². The largest absolute Gasteiger partial charge is 0.389 e. The van der Waals surface area contributed by atoms with Gasteiger partial charge in [-0.1, -0.05) is 24.4 Å². The molecule has 3 aromatic rings. The van der Waals surface area contributed by atoms with Crippen LogP contribution >= 0.6 is 23.6 Å². The molecule has 100 valence electrons. The Balaban J connectivity index is 2.16. The van der Waals surface area contributed by atoms with Gasteiger partial charge in [-0.25, -0.2) is 9.97 Å². The first kappa shape index (κ1) is 13.0. The number of para-hydroxylation sites is 1. The van der Waals surface area contributed by atoms with Crippen molar-refractivity contribution in [3.63, 3.8) is 0 Å². The molecule has 20 heavy (non-hydrogen) atoms. The summed E-state index contributed by atoms with van der Waals surface area (Å²) in [5.41, 5.74) is 7.57.